The van der Waals surface area contributed by atoms with Crippen LogP contribution in [0.4, 0.5) is 11.4 Å². The third-order valence-electron chi connectivity index (χ3n) is 7.36. The van der Waals surface area contributed by atoms with Crippen LogP contribution in [0.1, 0.15) is 59.6 Å². The van der Waals surface area contributed by atoms with E-state index in [2.05, 4.69) is 169 Å². The molecule has 0 saturated carbocycles. The van der Waals surface area contributed by atoms with Gasteiger partial charge in [0.2, 0.25) is 0 Å². The molecule has 0 saturated heterocycles. The summed E-state index contributed by atoms with van der Waals surface area (Å²) < 4.78 is 0. The lowest BCUT2D eigenvalue weighted by Gasteiger charge is -2.34. The lowest BCUT2D eigenvalue weighted by atomic mass is 10.0. The van der Waals surface area contributed by atoms with Gasteiger partial charge in [-0.1, -0.05) is 59.7 Å². The molecule has 0 heterocycles. The van der Waals surface area contributed by atoms with E-state index in [-0.39, 0.29) is 6.04 Å². The van der Waals surface area contributed by atoms with Gasteiger partial charge in [-0.2, -0.15) is 0 Å². The highest BCUT2D eigenvalue weighted by Crippen LogP contribution is 2.32. The molecule has 2 aromatic rings. The van der Waals surface area contributed by atoms with Crippen molar-refractivity contribution >= 4 is 11.4 Å². The van der Waals surface area contributed by atoms with Crippen molar-refractivity contribution in [1.82, 2.24) is 0 Å². The Kier molecular flexibility index (Phi) is 11.0. The molecule has 1 atom stereocenters. The summed E-state index contributed by atoms with van der Waals surface area (Å²) in [6.07, 6.45) is 17.0. The Balaban J connectivity index is 2.21. The van der Waals surface area contributed by atoms with Gasteiger partial charge < -0.3 is 9.80 Å². The fourth-order valence-corrected chi connectivity index (χ4v) is 4.77. The molecule has 212 valence electrons. The van der Waals surface area contributed by atoms with Crippen LogP contribution >= 0.6 is 0 Å². The van der Waals surface area contributed by atoms with E-state index >= 15 is 0 Å². The van der Waals surface area contributed by atoms with E-state index in [0.29, 0.717) is 0 Å². The zero-order valence-corrected chi connectivity index (χ0v) is 26.4. The highest BCUT2D eigenvalue weighted by Gasteiger charge is 2.22. The highest BCUT2D eigenvalue weighted by atomic mass is 15.2. The Bertz CT molecular complexity index is 1510. The van der Waals surface area contributed by atoms with Gasteiger partial charge in [-0.15, -0.1) is 5.73 Å². The van der Waals surface area contributed by atoms with Gasteiger partial charge in [0.1, 0.15) is 0 Å². The van der Waals surface area contributed by atoms with Gasteiger partial charge in [0.05, 0.1) is 6.04 Å². The second-order valence-electron chi connectivity index (χ2n) is 11.1. The van der Waals surface area contributed by atoms with E-state index < -0.39 is 0 Å². The van der Waals surface area contributed by atoms with Crippen LogP contribution in [0.25, 0.3) is 0 Å². The van der Waals surface area contributed by atoms with Gasteiger partial charge in [-0.25, -0.2) is 0 Å². The third kappa shape index (κ3) is 8.13. The Labute approximate surface area is 249 Å². The standard InChI is InChI=1S/C39H46N2/c1-11-29(5)24-35(12-2)41(36-22-20-30(6)21-23-36)39(28(3)4)27-33(9)34(10)40(38-19-15-17-32(8)26-38)37-18-14-13-16-31(7)25-37/h11-13,15-27,34H,2H2,1,3-10H3/b29-11-,33-27-,35-24+. The van der Waals surface area contributed by atoms with Crippen LogP contribution in [0.2, 0.25) is 0 Å². The molecule has 0 fully saturated rings. The number of anilines is 2. The number of hydrogen-bond acceptors (Lipinski definition) is 2. The molecule has 1 aliphatic rings. The first-order valence-electron chi connectivity index (χ1n) is 14.4. The highest BCUT2D eigenvalue weighted by molar-refractivity contribution is 5.66. The molecule has 2 nitrogen and oxygen atoms in total. The van der Waals surface area contributed by atoms with Gasteiger partial charge in [0, 0.05) is 34.5 Å². The van der Waals surface area contributed by atoms with E-state index in [4.69, 9.17) is 0 Å². The van der Waals surface area contributed by atoms with Crippen molar-refractivity contribution in [3.8, 4) is 0 Å². The van der Waals surface area contributed by atoms with E-state index in [1.807, 2.05) is 12.2 Å². The molecule has 2 aromatic carbocycles. The van der Waals surface area contributed by atoms with Gasteiger partial charge in [-0.05, 0) is 134 Å². The molecule has 41 heavy (non-hydrogen) atoms. The summed E-state index contributed by atoms with van der Waals surface area (Å²) in [6.45, 7) is 23.7. The molecule has 0 bridgehead atoms. The fourth-order valence-electron chi connectivity index (χ4n) is 4.77. The van der Waals surface area contributed by atoms with E-state index in [0.717, 1.165) is 28.5 Å². The Morgan fingerprint density at radius 3 is 2.22 bits per heavy atom. The average Bonchev–Trinajstić information content (AvgIpc) is 3.16. The smallest absolute Gasteiger partial charge is 0.0524 e. The summed E-state index contributed by atoms with van der Waals surface area (Å²) >= 11 is 0. The zero-order chi connectivity index (χ0) is 30.1. The quantitative estimate of drug-likeness (QED) is 0.218. The number of rotatable bonds is 10. The number of aryl methyl sites for hydroxylation is 2. The van der Waals surface area contributed by atoms with Gasteiger partial charge in [0.15, 0.2) is 0 Å². The molecule has 1 aliphatic carbocycles. The molecule has 2 heteroatoms. The maximum absolute atomic E-state index is 4.21. The van der Waals surface area contributed by atoms with Crippen LogP contribution in [0, 0.1) is 13.8 Å². The maximum atomic E-state index is 4.21. The first kappa shape index (κ1) is 31.3. The van der Waals surface area contributed by atoms with Crippen molar-refractivity contribution < 1.29 is 0 Å². The minimum atomic E-state index is 0.0784. The predicted molar refractivity (Wildman–Crippen MR) is 181 cm³/mol. The van der Waals surface area contributed by atoms with Crippen molar-refractivity contribution in [1.29, 1.82) is 0 Å². The lowest BCUT2D eigenvalue weighted by Crippen LogP contribution is -2.33. The summed E-state index contributed by atoms with van der Waals surface area (Å²) in [5, 5.41) is 0. The number of nitrogens with zero attached hydrogens (tertiary/aromatic N) is 2. The SMILES string of the molecule is C=C/C(=C\C(C)=C/C)N(C(/C=C(/C)C(C)N(C1=CC(C)=CC=C=C1)c1cccc(C)c1)=C(C)C)c1ccc(C)cc1. The van der Waals surface area contributed by atoms with Crippen LogP contribution in [0.3, 0.4) is 0 Å². The molecule has 0 aromatic heterocycles. The third-order valence-corrected chi connectivity index (χ3v) is 7.36. The number of benzene rings is 2. The van der Waals surface area contributed by atoms with Crippen LogP contribution in [0.15, 0.2) is 149 Å². The topological polar surface area (TPSA) is 6.48 Å². The molecular weight excluding hydrogens is 496 g/mol. The monoisotopic (exact) mass is 542 g/mol. The first-order chi connectivity index (χ1) is 19.5. The normalized spacial score (nSPS) is 14.6. The minimum absolute atomic E-state index is 0.0784. The Morgan fingerprint density at radius 2 is 1.61 bits per heavy atom. The lowest BCUT2D eigenvalue weighted by molar-refractivity contribution is 0.785. The molecule has 3 rings (SSSR count). The summed E-state index contributed by atoms with van der Waals surface area (Å²) in [5.41, 5.74) is 16.2. The van der Waals surface area contributed by atoms with E-state index in [9.17, 15) is 0 Å². The predicted octanol–water partition coefficient (Wildman–Crippen LogP) is 10.8. The zero-order valence-electron chi connectivity index (χ0n) is 26.4. The Hall–Kier alpha value is -4.26. The molecule has 1 unspecified atom stereocenters. The molecule has 0 N–H and O–H groups in total. The minimum Gasteiger partial charge on any atom is -0.334 e. The van der Waals surface area contributed by atoms with Crippen molar-refractivity contribution in [3.05, 3.63) is 160 Å². The summed E-state index contributed by atoms with van der Waals surface area (Å²) in [5.74, 6) is 0. The summed E-state index contributed by atoms with van der Waals surface area (Å²) in [7, 11) is 0. The second kappa shape index (κ2) is 14.4. The Morgan fingerprint density at radius 1 is 0.902 bits per heavy atom. The van der Waals surface area contributed by atoms with Crippen molar-refractivity contribution in [2.24, 2.45) is 0 Å². The molecule has 0 spiro atoms. The van der Waals surface area contributed by atoms with Crippen molar-refractivity contribution in [2.75, 3.05) is 9.80 Å². The van der Waals surface area contributed by atoms with Gasteiger partial charge >= 0.3 is 0 Å². The van der Waals surface area contributed by atoms with Crippen LogP contribution in [-0.2, 0) is 0 Å². The van der Waals surface area contributed by atoms with Crippen LogP contribution < -0.4 is 9.80 Å². The average molecular weight is 543 g/mol. The molecule has 0 radical (unpaired) electrons. The number of hydrogen-bond donors (Lipinski definition) is 0. The van der Waals surface area contributed by atoms with Gasteiger partial charge in [-0.3, -0.25) is 0 Å². The van der Waals surface area contributed by atoms with Crippen LogP contribution in [-0.4, -0.2) is 6.04 Å². The second-order valence-corrected chi connectivity index (χ2v) is 11.1. The molecule has 0 aliphatic heterocycles. The summed E-state index contributed by atoms with van der Waals surface area (Å²) in [6, 6.07) is 17.5. The van der Waals surface area contributed by atoms with Gasteiger partial charge in [0.25, 0.3) is 0 Å². The van der Waals surface area contributed by atoms with Crippen molar-refractivity contribution in [3.63, 3.8) is 0 Å². The molecular formula is C39H46N2. The molecule has 0 amide bonds. The maximum Gasteiger partial charge on any atom is 0.0524 e. The van der Waals surface area contributed by atoms with Crippen LogP contribution in [0.5, 0.6) is 0 Å². The largest absolute Gasteiger partial charge is 0.334 e. The van der Waals surface area contributed by atoms with E-state index in [1.165, 1.54) is 33.4 Å². The summed E-state index contributed by atoms with van der Waals surface area (Å²) in [4.78, 5) is 4.73. The number of allylic oxidation sites excluding steroid dienone is 10. The van der Waals surface area contributed by atoms with E-state index in [1.54, 1.807) is 0 Å². The first-order valence-corrected chi connectivity index (χ1v) is 14.4. The fraction of sp³-hybridized carbons (Fsp3) is 0.256. The van der Waals surface area contributed by atoms with Crippen molar-refractivity contribution in [2.45, 2.75) is 68.4 Å².